The molecule has 3 heteroatoms. The predicted octanol–water partition coefficient (Wildman–Crippen LogP) is 3.31. The van der Waals surface area contributed by atoms with Gasteiger partial charge in [-0.15, -0.1) is 0 Å². The maximum atomic E-state index is 11.5. The molecule has 3 nitrogen and oxygen atoms in total. The van der Waals surface area contributed by atoms with Crippen LogP contribution in [0.25, 0.3) is 0 Å². The van der Waals surface area contributed by atoms with Crippen LogP contribution >= 0.6 is 0 Å². The van der Waals surface area contributed by atoms with Gasteiger partial charge in [-0.2, -0.15) is 5.26 Å². The number of para-hydroxylation sites is 1. The maximum absolute atomic E-state index is 11.5. The van der Waals surface area contributed by atoms with Gasteiger partial charge in [-0.1, -0.05) is 31.2 Å². The van der Waals surface area contributed by atoms with Crippen LogP contribution in [0.5, 0.6) is 0 Å². The fourth-order valence-electron chi connectivity index (χ4n) is 1.57. The minimum atomic E-state index is -0.0558. The SMILES string of the molecule is CCCC(=O)/C(C#N)=C\CCNc1ccccc1. The van der Waals surface area contributed by atoms with Crippen LogP contribution in [0.1, 0.15) is 26.2 Å². The van der Waals surface area contributed by atoms with Crippen LogP contribution in [0.3, 0.4) is 0 Å². The van der Waals surface area contributed by atoms with Gasteiger partial charge in [0, 0.05) is 18.7 Å². The normalized spacial score (nSPS) is 10.8. The summed E-state index contributed by atoms with van der Waals surface area (Å²) < 4.78 is 0. The maximum Gasteiger partial charge on any atom is 0.173 e. The summed E-state index contributed by atoms with van der Waals surface area (Å²) in [6.07, 6.45) is 3.62. The van der Waals surface area contributed by atoms with E-state index in [-0.39, 0.29) is 11.4 Å². The third-order valence-electron chi connectivity index (χ3n) is 2.49. The lowest BCUT2D eigenvalue weighted by atomic mass is 10.1. The van der Waals surface area contributed by atoms with Gasteiger partial charge in [-0.25, -0.2) is 0 Å². The van der Waals surface area contributed by atoms with Crippen molar-refractivity contribution < 1.29 is 4.79 Å². The first-order valence-corrected chi connectivity index (χ1v) is 6.20. The third kappa shape index (κ3) is 4.84. The van der Waals surface area contributed by atoms with E-state index in [4.69, 9.17) is 5.26 Å². The second-order valence-electron chi connectivity index (χ2n) is 3.98. The Morgan fingerprint density at radius 1 is 1.39 bits per heavy atom. The number of Topliss-reactive ketones (excluding diaryl/α,β-unsaturated/α-hetero) is 1. The van der Waals surface area contributed by atoms with Gasteiger partial charge in [0.25, 0.3) is 0 Å². The Morgan fingerprint density at radius 3 is 2.72 bits per heavy atom. The predicted molar refractivity (Wildman–Crippen MR) is 73.2 cm³/mol. The van der Waals surface area contributed by atoms with Gasteiger partial charge in [0.1, 0.15) is 6.07 Å². The highest BCUT2D eigenvalue weighted by Crippen LogP contribution is 2.06. The number of rotatable bonds is 7. The van der Waals surface area contributed by atoms with E-state index in [1.807, 2.05) is 43.3 Å². The zero-order valence-electron chi connectivity index (χ0n) is 10.6. The fourth-order valence-corrected chi connectivity index (χ4v) is 1.57. The first kappa shape index (κ1) is 14.0. The van der Waals surface area contributed by atoms with Gasteiger partial charge in [0.05, 0.1) is 5.57 Å². The first-order chi connectivity index (χ1) is 8.77. The summed E-state index contributed by atoms with van der Waals surface area (Å²) in [4.78, 5) is 11.5. The van der Waals surface area contributed by atoms with Gasteiger partial charge in [0.2, 0.25) is 0 Å². The first-order valence-electron chi connectivity index (χ1n) is 6.20. The summed E-state index contributed by atoms with van der Waals surface area (Å²) in [5.41, 5.74) is 1.33. The Kier molecular flexibility index (Phi) is 6.27. The van der Waals surface area contributed by atoms with Crippen molar-refractivity contribution in [3.05, 3.63) is 42.0 Å². The highest BCUT2D eigenvalue weighted by atomic mass is 16.1. The lowest BCUT2D eigenvalue weighted by Gasteiger charge is -2.03. The molecule has 0 aromatic heterocycles. The molecule has 1 aromatic carbocycles. The van der Waals surface area contributed by atoms with Crippen molar-refractivity contribution in [2.75, 3.05) is 11.9 Å². The van der Waals surface area contributed by atoms with Crippen LogP contribution in [0.2, 0.25) is 0 Å². The Labute approximate surface area is 108 Å². The van der Waals surface area contributed by atoms with E-state index in [1.165, 1.54) is 0 Å². The van der Waals surface area contributed by atoms with Gasteiger partial charge >= 0.3 is 0 Å². The molecule has 0 fully saturated rings. The highest BCUT2D eigenvalue weighted by molar-refractivity contribution is 5.98. The molecule has 94 valence electrons. The third-order valence-corrected chi connectivity index (χ3v) is 2.49. The van der Waals surface area contributed by atoms with Gasteiger partial charge in [-0.05, 0) is 25.0 Å². The number of carbonyl (C=O) groups excluding carboxylic acids is 1. The molecule has 1 aromatic rings. The Hall–Kier alpha value is -2.08. The number of benzene rings is 1. The smallest absolute Gasteiger partial charge is 0.173 e. The number of nitriles is 1. The number of hydrogen-bond acceptors (Lipinski definition) is 3. The molecule has 0 aliphatic rings. The Balaban J connectivity index is 2.39. The highest BCUT2D eigenvalue weighted by Gasteiger charge is 2.06. The molecule has 1 rings (SSSR count). The van der Waals surface area contributed by atoms with E-state index >= 15 is 0 Å². The molecule has 0 unspecified atom stereocenters. The number of ketones is 1. The summed E-state index contributed by atoms with van der Waals surface area (Å²) in [7, 11) is 0. The minimum absolute atomic E-state index is 0.0558. The fraction of sp³-hybridized carbons (Fsp3) is 0.333. The van der Waals surface area contributed by atoms with E-state index < -0.39 is 0 Å². The van der Waals surface area contributed by atoms with Crippen molar-refractivity contribution in [1.82, 2.24) is 0 Å². The van der Waals surface area contributed by atoms with Gasteiger partial charge in [-0.3, -0.25) is 4.79 Å². The molecule has 0 spiro atoms. The number of allylic oxidation sites excluding steroid dienone is 1. The van der Waals surface area contributed by atoms with E-state index in [0.29, 0.717) is 19.4 Å². The van der Waals surface area contributed by atoms with E-state index in [0.717, 1.165) is 12.1 Å². The number of nitrogens with zero attached hydrogens (tertiary/aromatic N) is 1. The zero-order chi connectivity index (χ0) is 13.2. The molecule has 0 heterocycles. The molecule has 18 heavy (non-hydrogen) atoms. The van der Waals surface area contributed by atoms with Crippen LogP contribution in [-0.2, 0) is 4.79 Å². The summed E-state index contributed by atoms with van der Waals surface area (Å²) in [5.74, 6) is -0.0558. The molecule has 0 aliphatic heterocycles. The molecule has 0 radical (unpaired) electrons. The molecule has 1 N–H and O–H groups in total. The van der Waals surface area contributed by atoms with Gasteiger partial charge in [0.15, 0.2) is 5.78 Å². The zero-order valence-corrected chi connectivity index (χ0v) is 10.6. The Morgan fingerprint density at radius 2 is 2.11 bits per heavy atom. The average Bonchev–Trinajstić information content (AvgIpc) is 2.40. The summed E-state index contributed by atoms with van der Waals surface area (Å²) in [5, 5.41) is 12.1. The quantitative estimate of drug-likeness (QED) is 0.453. The molecule has 0 saturated heterocycles. The minimum Gasteiger partial charge on any atom is -0.385 e. The largest absolute Gasteiger partial charge is 0.385 e. The summed E-state index contributed by atoms with van der Waals surface area (Å²) in [6.45, 7) is 2.65. The van der Waals surface area contributed by atoms with Crippen molar-refractivity contribution in [3.8, 4) is 6.07 Å². The lowest BCUT2D eigenvalue weighted by molar-refractivity contribution is -0.115. The summed E-state index contributed by atoms with van der Waals surface area (Å²) in [6, 6.07) is 11.8. The van der Waals surface area contributed by atoms with Gasteiger partial charge < -0.3 is 5.32 Å². The number of nitrogens with one attached hydrogen (secondary N) is 1. The molecular weight excluding hydrogens is 224 g/mol. The molecule has 0 saturated carbocycles. The standard InChI is InChI=1S/C15H18N2O/c1-2-7-15(18)13(12-16)8-6-11-17-14-9-4-3-5-10-14/h3-5,8-10,17H,2,6-7,11H2,1H3/b13-8-. The second-order valence-corrected chi connectivity index (χ2v) is 3.98. The monoisotopic (exact) mass is 242 g/mol. The van der Waals surface area contributed by atoms with Crippen LogP contribution in [-0.4, -0.2) is 12.3 Å². The molecule has 0 aliphatic carbocycles. The number of anilines is 1. The van der Waals surface area contributed by atoms with Crippen molar-refractivity contribution in [3.63, 3.8) is 0 Å². The number of hydrogen-bond donors (Lipinski definition) is 1. The van der Waals surface area contributed by atoms with Crippen LogP contribution < -0.4 is 5.32 Å². The van der Waals surface area contributed by atoms with E-state index in [1.54, 1.807) is 6.08 Å². The van der Waals surface area contributed by atoms with Crippen molar-refractivity contribution in [2.24, 2.45) is 0 Å². The second kappa shape index (κ2) is 8.08. The van der Waals surface area contributed by atoms with Crippen LogP contribution in [0.4, 0.5) is 5.69 Å². The topological polar surface area (TPSA) is 52.9 Å². The van der Waals surface area contributed by atoms with Crippen molar-refractivity contribution in [2.45, 2.75) is 26.2 Å². The van der Waals surface area contributed by atoms with Crippen LogP contribution in [0, 0.1) is 11.3 Å². The molecule has 0 amide bonds. The molecular formula is C15H18N2O. The molecule has 0 atom stereocenters. The Bertz CT molecular complexity index is 443. The van der Waals surface area contributed by atoms with Crippen molar-refractivity contribution >= 4 is 11.5 Å². The van der Waals surface area contributed by atoms with Crippen molar-refractivity contribution in [1.29, 1.82) is 5.26 Å². The lowest BCUT2D eigenvalue weighted by Crippen LogP contribution is -2.03. The summed E-state index contributed by atoms with van der Waals surface area (Å²) >= 11 is 0. The van der Waals surface area contributed by atoms with E-state index in [2.05, 4.69) is 5.32 Å². The van der Waals surface area contributed by atoms with Crippen LogP contribution in [0.15, 0.2) is 42.0 Å². The molecule has 0 bridgehead atoms. The number of carbonyl (C=O) groups is 1. The average molecular weight is 242 g/mol. The van der Waals surface area contributed by atoms with E-state index in [9.17, 15) is 4.79 Å².